The number of furan rings is 1. The van der Waals surface area contributed by atoms with Gasteiger partial charge in [-0.15, -0.1) is 0 Å². The average molecular weight is 371 g/mol. The molecule has 0 unspecified atom stereocenters. The minimum Gasteiger partial charge on any atom is -0.480 e. The summed E-state index contributed by atoms with van der Waals surface area (Å²) in [5, 5.41) is 13.1. The fourth-order valence-corrected chi connectivity index (χ4v) is 3.17. The Labute approximate surface area is 155 Å². The van der Waals surface area contributed by atoms with E-state index >= 15 is 0 Å². The van der Waals surface area contributed by atoms with Gasteiger partial charge in [-0.1, -0.05) is 6.92 Å². The van der Waals surface area contributed by atoms with Gasteiger partial charge < -0.3 is 19.3 Å². The zero-order valence-electron chi connectivity index (χ0n) is 15.6. The Morgan fingerprint density at radius 2 is 1.70 bits per heavy atom. The highest BCUT2D eigenvalue weighted by molar-refractivity contribution is 5.97. The minimum atomic E-state index is -1.11. The summed E-state index contributed by atoms with van der Waals surface area (Å²) in [5.74, 6) is -0.851. The van der Waals surface area contributed by atoms with Crippen LogP contribution in [0.4, 0.5) is 0 Å². The van der Waals surface area contributed by atoms with Crippen LogP contribution in [0.1, 0.15) is 35.8 Å². The lowest BCUT2D eigenvalue weighted by molar-refractivity contribution is -0.141. The number of carboxylic acids is 1. The number of aryl methyl sites for hydroxylation is 3. The van der Waals surface area contributed by atoms with Crippen LogP contribution in [0.3, 0.4) is 0 Å². The van der Waals surface area contributed by atoms with E-state index in [4.69, 9.17) is 13.9 Å². The van der Waals surface area contributed by atoms with Crippen LogP contribution < -0.4 is 10.9 Å². The van der Waals surface area contributed by atoms with Crippen molar-refractivity contribution in [1.82, 2.24) is 5.32 Å². The number of carbonyl (C=O) groups excluding carboxylic acids is 1. The second-order valence-corrected chi connectivity index (χ2v) is 6.66. The number of nitrogens with one attached hydrogen (secondary N) is 1. The lowest BCUT2D eigenvalue weighted by Gasteiger charge is -2.13. The molecule has 7 heteroatoms. The monoisotopic (exact) mass is 371 g/mol. The quantitative estimate of drug-likeness (QED) is 0.667. The zero-order valence-corrected chi connectivity index (χ0v) is 15.6. The molecule has 0 aliphatic heterocycles. The van der Waals surface area contributed by atoms with Gasteiger partial charge in [0, 0.05) is 16.8 Å². The van der Waals surface area contributed by atoms with Gasteiger partial charge in [0.2, 0.25) is 5.91 Å². The van der Waals surface area contributed by atoms with E-state index < -0.39 is 23.5 Å². The first-order valence-corrected chi connectivity index (χ1v) is 8.71. The summed E-state index contributed by atoms with van der Waals surface area (Å²) in [6.45, 7) is 7.23. The molecule has 1 amide bonds. The molecule has 0 bridgehead atoms. The van der Waals surface area contributed by atoms with Crippen molar-refractivity contribution in [2.24, 2.45) is 0 Å². The molecule has 0 aliphatic rings. The van der Waals surface area contributed by atoms with Crippen molar-refractivity contribution in [2.75, 3.05) is 0 Å². The molecule has 1 atom stereocenters. The SMILES string of the molecule is CC[C@H](NC(=O)Cc1c(C)c2cc3c(C)c(C)oc3cc2oc1=O)C(=O)O. The molecule has 0 saturated heterocycles. The maximum atomic E-state index is 12.4. The van der Waals surface area contributed by atoms with Crippen molar-refractivity contribution < 1.29 is 23.5 Å². The summed E-state index contributed by atoms with van der Waals surface area (Å²) >= 11 is 0. The Morgan fingerprint density at radius 3 is 2.33 bits per heavy atom. The first kappa shape index (κ1) is 18.7. The van der Waals surface area contributed by atoms with Crippen LogP contribution in [-0.4, -0.2) is 23.0 Å². The second-order valence-electron chi connectivity index (χ2n) is 6.66. The zero-order chi connectivity index (χ0) is 19.9. The molecule has 2 heterocycles. The Kier molecular flexibility index (Phi) is 4.78. The van der Waals surface area contributed by atoms with Gasteiger partial charge >= 0.3 is 11.6 Å². The molecular formula is C20H21NO6. The Morgan fingerprint density at radius 1 is 1.07 bits per heavy atom. The van der Waals surface area contributed by atoms with Gasteiger partial charge in [0.05, 0.1) is 12.0 Å². The number of carboxylic acid groups (broad SMARTS) is 1. The first-order chi connectivity index (χ1) is 12.7. The third-order valence-corrected chi connectivity index (χ3v) is 4.96. The Hall–Kier alpha value is -3.09. The van der Waals surface area contributed by atoms with Crippen LogP contribution in [0.5, 0.6) is 0 Å². The van der Waals surface area contributed by atoms with Gasteiger partial charge in [0.15, 0.2) is 0 Å². The van der Waals surface area contributed by atoms with Crippen LogP contribution in [0.2, 0.25) is 0 Å². The highest BCUT2D eigenvalue weighted by Crippen LogP contribution is 2.30. The maximum Gasteiger partial charge on any atom is 0.340 e. The van der Waals surface area contributed by atoms with E-state index in [1.165, 1.54) is 0 Å². The molecule has 27 heavy (non-hydrogen) atoms. The molecule has 0 aliphatic carbocycles. The standard InChI is InChI=1S/C20H21NO6/c1-5-15(19(23)24)21-18(22)7-14-10(3)13-6-12-9(2)11(4)26-16(12)8-17(13)27-20(14)25/h6,8,15H,5,7H2,1-4H3,(H,21,22)(H,23,24)/t15-/m0/s1. The Bertz CT molecular complexity index is 1120. The number of hydrogen-bond donors (Lipinski definition) is 2. The summed E-state index contributed by atoms with van der Waals surface area (Å²) in [6.07, 6.45) is 0.0127. The van der Waals surface area contributed by atoms with Gasteiger partial charge in [0.1, 0.15) is 23.0 Å². The number of aliphatic carboxylic acids is 1. The summed E-state index contributed by atoms with van der Waals surface area (Å²) < 4.78 is 11.1. The van der Waals surface area contributed by atoms with Crippen molar-refractivity contribution in [2.45, 2.75) is 46.6 Å². The lowest BCUT2D eigenvalue weighted by Crippen LogP contribution is -2.41. The minimum absolute atomic E-state index is 0.220. The fraction of sp³-hybridized carbons (Fsp3) is 0.350. The van der Waals surface area contributed by atoms with E-state index in [1.807, 2.05) is 19.9 Å². The van der Waals surface area contributed by atoms with Crippen molar-refractivity contribution in [3.05, 3.63) is 45.0 Å². The maximum absolute atomic E-state index is 12.4. The van der Waals surface area contributed by atoms with Crippen molar-refractivity contribution in [3.8, 4) is 0 Å². The third-order valence-electron chi connectivity index (χ3n) is 4.96. The molecule has 1 aromatic carbocycles. The van der Waals surface area contributed by atoms with Crippen LogP contribution in [0.25, 0.3) is 21.9 Å². The number of benzene rings is 1. The van der Waals surface area contributed by atoms with Crippen LogP contribution in [0, 0.1) is 20.8 Å². The smallest absolute Gasteiger partial charge is 0.340 e. The van der Waals surface area contributed by atoms with Gasteiger partial charge in [-0.2, -0.15) is 0 Å². The number of amides is 1. The van der Waals surface area contributed by atoms with E-state index in [0.717, 1.165) is 22.1 Å². The van der Waals surface area contributed by atoms with Gasteiger partial charge in [-0.05, 0) is 44.4 Å². The molecule has 0 fully saturated rings. The van der Waals surface area contributed by atoms with E-state index in [-0.39, 0.29) is 18.4 Å². The van der Waals surface area contributed by atoms with E-state index in [9.17, 15) is 14.4 Å². The summed E-state index contributed by atoms with van der Waals surface area (Å²) in [5.41, 5.74) is 2.27. The lowest BCUT2D eigenvalue weighted by atomic mass is 10.0. The van der Waals surface area contributed by atoms with Crippen LogP contribution >= 0.6 is 0 Å². The highest BCUT2D eigenvalue weighted by atomic mass is 16.4. The predicted octanol–water partition coefficient (Wildman–Crippen LogP) is 2.99. The fourth-order valence-electron chi connectivity index (χ4n) is 3.17. The predicted molar refractivity (Wildman–Crippen MR) is 100 cm³/mol. The topological polar surface area (TPSA) is 110 Å². The molecule has 3 rings (SSSR count). The molecule has 0 spiro atoms. The highest BCUT2D eigenvalue weighted by Gasteiger charge is 2.21. The van der Waals surface area contributed by atoms with Gasteiger partial charge in [-0.3, -0.25) is 4.79 Å². The average Bonchev–Trinajstić information content (AvgIpc) is 2.88. The van der Waals surface area contributed by atoms with E-state index in [2.05, 4.69) is 5.32 Å². The van der Waals surface area contributed by atoms with Crippen molar-refractivity contribution in [3.63, 3.8) is 0 Å². The van der Waals surface area contributed by atoms with Gasteiger partial charge in [-0.25, -0.2) is 9.59 Å². The molecule has 142 valence electrons. The third kappa shape index (κ3) is 3.32. The van der Waals surface area contributed by atoms with E-state index in [1.54, 1.807) is 19.9 Å². The molecule has 2 N–H and O–H groups in total. The van der Waals surface area contributed by atoms with Crippen molar-refractivity contribution >= 4 is 33.8 Å². The summed E-state index contributed by atoms with van der Waals surface area (Å²) in [4.78, 5) is 35.7. The molecule has 7 nitrogen and oxygen atoms in total. The van der Waals surface area contributed by atoms with Gasteiger partial charge in [0.25, 0.3) is 0 Å². The first-order valence-electron chi connectivity index (χ1n) is 8.71. The number of carbonyl (C=O) groups is 2. The summed E-state index contributed by atoms with van der Waals surface area (Å²) in [6, 6.07) is 2.59. The molecule has 3 aromatic rings. The largest absolute Gasteiger partial charge is 0.480 e. The number of hydrogen-bond acceptors (Lipinski definition) is 5. The second kappa shape index (κ2) is 6.90. The number of rotatable bonds is 5. The normalized spacial score (nSPS) is 12.4. The number of fused-ring (bicyclic) bond motifs is 2. The van der Waals surface area contributed by atoms with Crippen LogP contribution in [0.15, 0.2) is 25.8 Å². The molecule has 2 aromatic heterocycles. The van der Waals surface area contributed by atoms with Crippen LogP contribution in [-0.2, 0) is 16.0 Å². The molecule has 0 saturated carbocycles. The molecule has 0 radical (unpaired) electrons. The van der Waals surface area contributed by atoms with Crippen molar-refractivity contribution in [1.29, 1.82) is 0 Å². The van der Waals surface area contributed by atoms with E-state index in [0.29, 0.717) is 16.7 Å². The Balaban J connectivity index is 2.04. The molecular weight excluding hydrogens is 350 g/mol. The summed E-state index contributed by atoms with van der Waals surface area (Å²) in [7, 11) is 0.